The van der Waals surface area contributed by atoms with Gasteiger partial charge in [-0.3, -0.25) is 0 Å². The van der Waals surface area contributed by atoms with Gasteiger partial charge in [0.15, 0.2) is 11.5 Å². The molecule has 0 aliphatic carbocycles. The van der Waals surface area contributed by atoms with E-state index in [2.05, 4.69) is 44.2 Å². The Morgan fingerprint density at radius 1 is 0.850 bits per heavy atom. The number of fused-ring (bicyclic) bond motifs is 1. The summed E-state index contributed by atoms with van der Waals surface area (Å²) < 4.78 is 11.3. The van der Waals surface area contributed by atoms with Crippen LogP contribution in [0.2, 0.25) is 0 Å². The van der Waals surface area contributed by atoms with Crippen molar-refractivity contribution in [1.82, 2.24) is 0 Å². The van der Waals surface area contributed by atoms with Crippen molar-refractivity contribution in [3.63, 3.8) is 0 Å². The van der Waals surface area contributed by atoms with Gasteiger partial charge in [-0.2, -0.15) is 0 Å². The highest BCUT2D eigenvalue weighted by Crippen LogP contribution is 2.35. The van der Waals surface area contributed by atoms with E-state index in [4.69, 9.17) is 9.47 Å². The van der Waals surface area contributed by atoms with E-state index in [9.17, 15) is 0 Å². The van der Waals surface area contributed by atoms with Crippen molar-refractivity contribution >= 4 is 0 Å². The Labute approximate surface area is 120 Å². The summed E-state index contributed by atoms with van der Waals surface area (Å²) in [4.78, 5) is 0. The Morgan fingerprint density at radius 3 is 2.40 bits per heavy atom. The molecule has 1 aliphatic rings. The van der Waals surface area contributed by atoms with Crippen LogP contribution in [0.1, 0.15) is 22.3 Å². The van der Waals surface area contributed by atoms with Crippen molar-refractivity contribution in [3.05, 3.63) is 58.7 Å². The Hall–Kier alpha value is -1.96. The number of ether oxygens (including phenoxy) is 2. The molecule has 0 unspecified atom stereocenters. The summed E-state index contributed by atoms with van der Waals surface area (Å²) in [6.07, 6.45) is 2.09. The topological polar surface area (TPSA) is 18.5 Å². The molecule has 1 aliphatic heterocycles. The third kappa shape index (κ3) is 2.64. The van der Waals surface area contributed by atoms with Gasteiger partial charge in [0, 0.05) is 0 Å². The van der Waals surface area contributed by atoms with Crippen LogP contribution in [-0.4, -0.2) is 13.2 Å². The van der Waals surface area contributed by atoms with Crippen molar-refractivity contribution < 1.29 is 9.47 Å². The van der Waals surface area contributed by atoms with Crippen LogP contribution in [0.3, 0.4) is 0 Å². The highest BCUT2D eigenvalue weighted by molar-refractivity contribution is 5.51. The molecule has 3 rings (SSSR count). The molecular formula is C18H20O2. The summed E-state index contributed by atoms with van der Waals surface area (Å²) in [6, 6.07) is 13.0. The molecule has 2 nitrogen and oxygen atoms in total. The van der Waals surface area contributed by atoms with Crippen LogP contribution in [0, 0.1) is 13.8 Å². The van der Waals surface area contributed by atoms with Gasteiger partial charge in [-0.25, -0.2) is 0 Å². The van der Waals surface area contributed by atoms with E-state index in [1.165, 1.54) is 22.3 Å². The summed E-state index contributed by atoms with van der Waals surface area (Å²) in [7, 11) is 0. The fourth-order valence-electron chi connectivity index (χ4n) is 2.60. The van der Waals surface area contributed by atoms with E-state index in [0.29, 0.717) is 13.2 Å². The number of hydrogen-bond acceptors (Lipinski definition) is 2. The molecule has 0 spiro atoms. The van der Waals surface area contributed by atoms with Gasteiger partial charge in [0.25, 0.3) is 0 Å². The molecule has 2 aromatic rings. The van der Waals surface area contributed by atoms with Crippen LogP contribution in [-0.2, 0) is 12.8 Å². The van der Waals surface area contributed by atoms with Crippen molar-refractivity contribution in [1.29, 1.82) is 0 Å². The average molecular weight is 268 g/mol. The maximum absolute atomic E-state index is 5.74. The van der Waals surface area contributed by atoms with Crippen LogP contribution in [0.25, 0.3) is 0 Å². The first-order valence-electron chi connectivity index (χ1n) is 7.17. The second-order valence-electron chi connectivity index (χ2n) is 5.36. The fourth-order valence-corrected chi connectivity index (χ4v) is 2.60. The third-order valence-corrected chi connectivity index (χ3v) is 3.87. The van der Waals surface area contributed by atoms with Gasteiger partial charge in [-0.15, -0.1) is 0 Å². The minimum Gasteiger partial charge on any atom is -0.486 e. The van der Waals surface area contributed by atoms with E-state index in [-0.39, 0.29) is 0 Å². The Balaban J connectivity index is 1.76. The second-order valence-corrected chi connectivity index (χ2v) is 5.36. The van der Waals surface area contributed by atoms with Crippen LogP contribution in [0.15, 0.2) is 36.4 Å². The van der Waals surface area contributed by atoms with Crippen LogP contribution < -0.4 is 9.47 Å². The lowest BCUT2D eigenvalue weighted by atomic mass is 9.99. The van der Waals surface area contributed by atoms with Gasteiger partial charge in [0.1, 0.15) is 13.2 Å². The molecule has 2 aromatic carbocycles. The minimum absolute atomic E-state index is 0.648. The van der Waals surface area contributed by atoms with E-state index >= 15 is 0 Å². The SMILES string of the molecule is Cc1ccc(CCc2ccc3c(c2C)OCCO3)cc1. The molecule has 0 saturated carbocycles. The predicted molar refractivity (Wildman–Crippen MR) is 80.8 cm³/mol. The van der Waals surface area contributed by atoms with Gasteiger partial charge >= 0.3 is 0 Å². The molecule has 0 aromatic heterocycles. The summed E-state index contributed by atoms with van der Waals surface area (Å²) in [6.45, 7) is 5.54. The molecule has 0 N–H and O–H groups in total. The molecule has 2 heteroatoms. The van der Waals surface area contributed by atoms with Gasteiger partial charge < -0.3 is 9.47 Å². The number of hydrogen-bond donors (Lipinski definition) is 0. The highest BCUT2D eigenvalue weighted by atomic mass is 16.6. The zero-order chi connectivity index (χ0) is 13.9. The summed E-state index contributed by atoms with van der Waals surface area (Å²) in [5.41, 5.74) is 5.25. The number of rotatable bonds is 3. The number of benzene rings is 2. The van der Waals surface area contributed by atoms with E-state index < -0.39 is 0 Å². The molecule has 104 valence electrons. The zero-order valence-electron chi connectivity index (χ0n) is 12.1. The molecule has 0 fully saturated rings. The molecule has 0 amide bonds. The van der Waals surface area contributed by atoms with Gasteiger partial charge in [0.2, 0.25) is 0 Å². The van der Waals surface area contributed by atoms with Crippen molar-refractivity contribution in [2.45, 2.75) is 26.7 Å². The highest BCUT2D eigenvalue weighted by Gasteiger charge is 2.16. The van der Waals surface area contributed by atoms with E-state index in [1.807, 2.05) is 6.07 Å². The number of aryl methyl sites for hydroxylation is 3. The summed E-state index contributed by atoms with van der Waals surface area (Å²) >= 11 is 0. The normalized spacial score (nSPS) is 13.3. The second kappa shape index (κ2) is 5.58. The van der Waals surface area contributed by atoms with Crippen LogP contribution in [0.4, 0.5) is 0 Å². The molecule has 1 heterocycles. The standard InChI is InChI=1S/C18H20O2/c1-13-3-5-15(6-4-13)7-8-16-9-10-17-18(14(16)2)20-12-11-19-17/h3-6,9-10H,7-8,11-12H2,1-2H3. The maximum atomic E-state index is 5.74. The predicted octanol–water partition coefficient (Wildman–Crippen LogP) is 3.86. The lowest BCUT2D eigenvalue weighted by Gasteiger charge is -2.21. The van der Waals surface area contributed by atoms with Crippen molar-refractivity contribution in [2.24, 2.45) is 0 Å². The summed E-state index contributed by atoms with van der Waals surface area (Å²) in [5, 5.41) is 0. The van der Waals surface area contributed by atoms with Crippen molar-refractivity contribution in [3.8, 4) is 11.5 Å². The van der Waals surface area contributed by atoms with E-state index in [1.54, 1.807) is 0 Å². The van der Waals surface area contributed by atoms with Gasteiger partial charge in [-0.1, -0.05) is 35.9 Å². The summed E-state index contributed by atoms with van der Waals surface area (Å²) in [5.74, 6) is 1.81. The Bertz CT molecular complexity index is 600. The molecule has 0 atom stereocenters. The fraction of sp³-hybridized carbons (Fsp3) is 0.333. The van der Waals surface area contributed by atoms with Gasteiger partial charge in [0.05, 0.1) is 0 Å². The maximum Gasteiger partial charge on any atom is 0.164 e. The lowest BCUT2D eigenvalue weighted by molar-refractivity contribution is 0.170. The Morgan fingerprint density at radius 2 is 1.60 bits per heavy atom. The van der Waals surface area contributed by atoms with Gasteiger partial charge in [-0.05, 0) is 49.4 Å². The Kier molecular flexibility index (Phi) is 3.64. The average Bonchev–Trinajstić information content (AvgIpc) is 2.49. The monoisotopic (exact) mass is 268 g/mol. The quantitative estimate of drug-likeness (QED) is 0.841. The van der Waals surface area contributed by atoms with Crippen LogP contribution in [0.5, 0.6) is 11.5 Å². The van der Waals surface area contributed by atoms with Crippen molar-refractivity contribution in [2.75, 3.05) is 13.2 Å². The first-order chi connectivity index (χ1) is 9.74. The molecule has 0 saturated heterocycles. The molecule has 0 bridgehead atoms. The lowest BCUT2D eigenvalue weighted by Crippen LogP contribution is -2.16. The molecule has 0 radical (unpaired) electrons. The minimum atomic E-state index is 0.648. The first kappa shape index (κ1) is 13.0. The molecular weight excluding hydrogens is 248 g/mol. The third-order valence-electron chi connectivity index (χ3n) is 3.87. The zero-order valence-corrected chi connectivity index (χ0v) is 12.1. The van der Waals surface area contributed by atoms with Crippen LogP contribution >= 0.6 is 0 Å². The van der Waals surface area contributed by atoms with E-state index in [0.717, 1.165) is 24.3 Å². The smallest absolute Gasteiger partial charge is 0.164 e. The molecule has 20 heavy (non-hydrogen) atoms. The first-order valence-corrected chi connectivity index (χ1v) is 7.17. The largest absolute Gasteiger partial charge is 0.486 e.